The van der Waals surface area contributed by atoms with E-state index in [9.17, 15) is 0 Å². The molecule has 1 unspecified atom stereocenters. The van der Waals surface area contributed by atoms with E-state index < -0.39 is 8.80 Å². The van der Waals surface area contributed by atoms with Crippen LogP contribution in [0.4, 0.5) is 0 Å². The minimum Gasteiger partial charge on any atom is -0.379 e. The van der Waals surface area contributed by atoms with E-state index in [4.69, 9.17) is 27.5 Å². The van der Waals surface area contributed by atoms with Gasteiger partial charge in [0.1, 0.15) is 6.10 Å². The quantitative estimate of drug-likeness (QED) is 0.228. The van der Waals surface area contributed by atoms with Gasteiger partial charge in [0, 0.05) is 34.0 Å². The third-order valence-corrected chi connectivity index (χ3v) is 6.86. The van der Waals surface area contributed by atoms with Gasteiger partial charge >= 0.3 is 8.80 Å². The average Bonchev–Trinajstić information content (AvgIpc) is 3.40. The van der Waals surface area contributed by atoms with Crippen molar-refractivity contribution in [3.63, 3.8) is 0 Å². The van der Waals surface area contributed by atoms with E-state index in [1.165, 1.54) is 25.7 Å². The van der Waals surface area contributed by atoms with Gasteiger partial charge < -0.3 is 27.5 Å². The minimum atomic E-state index is -2.36. The van der Waals surface area contributed by atoms with Gasteiger partial charge in [-0.05, 0) is 12.8 Å². The van der Waals surface area contributed by atoms with Crippen molar-refractivity contribution < 1.29 is 27.5 Å². The molecule has 23 heavy (non-hydrogen) atoms. The summed E-state index contributed by atoms with van der Waals surface area (Å²) in [6.07, 6.45) is 7.48. The zero-order valence-corrected chi connectivity index (χ0v) is 16.0. The van der Waals surface area contributed by atoms with Crippen LogP contribution in [0, 0.1) is 0 Å². The summed E-state index contributed by atoms with van der Waals surface area (Å²) in [5.41, 5.74) is 0. The zero-order chi connectivity index (χ0) is 16.8. The lowest BCUT2D eigenvalue weighted by atomic mass is 10.1. The van der Waals surface area contributed by atoms with Crippen molar-refractivity contribution in [1.29, 1.82) is 0 Å². The molecule has 6 nitrogen and oxygen atoms in total. The van der Waals surface area contributed by atoms with E-state index >= 15 is 0 Å². The molecule has 1 rings (SSSR count). The highest BCUT2D eigenvalue weighted by molar-refractivity contribution is 6.60. The fourth-order valence-electron chi connectivity index (χ4n) is 2.41. The van der Waals surface area contributed by atoms with Gasteiger partial charge in [0.25, 0.3) is 0 Å². The Kier molecular flexibility index (Phi) is 12.1. The fourth-order valence-corrected chi connectivity index (χ4v) is 4.20. The smallest absolute Gasteiger partial charge is 0.379 e. The Morgan fingerprint density at radius 2 is 1.35 bits per heavy atom. The summed E-state index contributed by atoms with van der Waals surface area (Å²) in [4.78, 5) is 0. The van der Waals surface area contributed by atoms with Crippen LogP contribution < -0.4 is 0 Å². The summed E-state index contributed by atoms with van der Waals surface area (Å²) in [5.74, 6) is 0. The second kappa shape index (κ2) is 13.3. The predicted molar refractivity (Wildman–Crippen MR) is 90.7 cm³/mol. The van der Waals surface area contributed by atoms with E-state index in [1.807, 2.05) is 0 Å². The third-order valence-electron chi connectivity index (χ3n) is 4.03. The number of ether oxygens (including phenoxy) is 3. The molecule has 0 aliphatic carbocycles. The molecule has 0 N–H and O–H groups in total. The molecule has 0 aromatic carbocycles. The van der Waals surface area contributed by atoms with E-state index in [0.29, 0.717) is 25.9 Å². The lowest BCUT2D eigenvalue weighted by Gasteiger charge is -2.24. The number of hydrogen-bond donors (Lipinski definition) is 0. The first-order chi connectivity index (χ1) is 11.3. The predicted octanol–water partition coefficient (Wildman–Crippen LogP) is 2.64. The van der Waals surface area contributed by atoms with Crippen LogP contribution in [-0.2, 0) is 27.5 Å². The highest BCUT2D eigenvalue weighted by Gasteiger charge is 2.36. The van der Waals surface area contributed by atoms with E-state index in [1.54, 1.807) is 21.3 Å². The van der Waals surface area contributed by atoms with Gasteiger partial charge in [-0.1, -0.05) is 25.7 Å². The Morgan fingerprint density at radius 3 is 1.96 bits per heavy atom. The van der Waals surface area contributed by atoms with E-state index in [2.05, 4.69) is 0 Å². The maximum Gasteiger partial charge on any atom is 0.500 e. The number of hydrogen-bond acceptors (Lipinski definition) is 6. The molecule has 1 fully saturated rings. The van der Waals surface area contributed by atoms with E-state index in [-0.39, 0.29) is 0 Å². The van der Waals surface area contributed by atoms with Gasteiger partial charge in [0.2, 0.25) is 0 Å². The van der Waals surface area contributed by atoms with Crippen LogP contribution in [-0.4, -0.2) is 69.3 Å². The monoisotopic (exact) mass is 350 g/mol. The van der Waals surface area contributed by atoms with Crippen LogP contribution in [0.25, 0.3) is 0 Å². The van der Waals surface area contributed by atoms with Crippen LogP contribution in [0.3, 0.4) is 0 Å². The normalized spacial score (nSPS) is 17.6. The summed E-state index contributed by atoms with van der Waals surface area (Å²) >= 11 is 0. The third kappa shape index (κ3) is 10.4. The van der Waals surface area contributed by atoms with Gasteiger partial charge in [-0.3, -0.25) is 0 Å². The molecule has 0 saturated carbocycles. The molecule has 1 aliphatic heterocycles. The lowest BCUT2D eigenvalue weighted by molar-refractivity contribution is 0.0405. The van der Waals surface area contributed by atoms with Crippen molar-refractivity contribution in [3.05, 3.63) is 0 Å². The van der Waals surface area contributed by atoms with Crippen molar-refractivity contribution in [1.82, 2.24) is 0 Å². The van der Waals surface area contributed by atoms with Crippen molar-refractivity contribution in [2.75, 3.05) is 54.4 Å². The molecule has 1 saturated heterocycles. The molecule has 1 atom stereocenters. The Balaban J connectivity index is 1.77. The maximum absolute atomic E-state index is 5.54. The number of unbranched alkanes of at least 4 members (excludes halogenated alkanes) is 5. The Bertz CT molecular complexity index is 263. The molecule has 138 valence electrons. The van der Waals surface area contributed by atoms with Crippen LogP contribution >= 0.6 is 0 Å². The lowest BCUT2D eigenvalue weighted by Crippen LogP contribution is -2.42. The summed E-state index contributed by atoms with van der Waals surface area (Å²) in [6, 6.07) is 0.894. The number of epoxide rings is 1. The molecule has 1 aliphatic rings. The topological polar surface area (TPSA) is 58.7 Å². The summed E-state index contributed by atoms with van der Waals surface area (Å²) in [6.45, 7) is 3.75. The molecule has 0 amide bonds. The SMILES string of the molecule is CO[Si](CCCCCCCCOCCOCC1CO1)(OC)OC. The average molecular weight is 351 g/mol. The van der Waals surface area contributed by atoms with Gasteiger partial charge in [-0.25, -0.2) is 0 Å². The maximum atomic E-state index is 5.54. The summed E-state index contributed by atoms with van der Waals surface area (Å²) in [5, 5.41) is 0. The summed E-state index contributed by atoms with van der Waals surface area (Å²) < 4.78 is 32.3. The Morgan fingerprint density at radius 1 is 0.783 bits per heavy atom. The van der Waals surface area contributed by atoms with Gasteiger partial charge in [0.15, 0.2) is 0 Å². The van der Waals surface area contributed by atoms with Crippen LogP contribution in [0.15, 0.2) is 0 Å². The molecule has 0 aromatic rings. The van der Waals surface area contributed by atoms with Gasteiger partial charge in [-0.15, -0.1) is 0 Å². The molecule has 1 heterocycles. The second-order valence-corrected chi connectivity index (χ2v) is 8.90. The van der Waals surface area contributed by atoms with Crippen molar-refractivity contribution in [3.8, 4) is 0 Å². The second-order valence-electron chi connectivity index (χ2n) is 5.81. The number of rotatable bonds is 17. The van der Waals surface area contributed by atoms with Crippen LogP contribution in [0.5, 0.6) is 0 Å². The Labute approximate surface area is 142 Å². The highest BCUT2D eigenvalue weighted by Crippen LogP contribution is 2.18. The van der Waals surface area contributed by atoms with Gasteiger partial charge in [0.05, 0.1) is 26.4 Å². The molecule has 0 aromatic heterocycles. The van der Waals surface area contributed by atoms with Crippen LogP contribution in [0.1, 0.15) is 38.5 Å². The largest absolute Gasteiger partial charge is 0.500 e. The molecule has 0 radical (unpaired) electrons. The van der Waals surface area contributed by atoms with Crippen molar-refractivity contribution >= 4 is 8.80 Å². The first-order valence-corrected chi connectivity index (χ1v) is 10.6. The Hall–Kier alpha value is -0.0231. The molecular formula is C16H34O6Si. The van der Waals surface area contributed by atoms with Crippen molar-refractivity contribution in [2.24, 2.45) is 0 Å². The standard InChI is InChI=1S/C16H34O6Si/c1-17-23(18-2,19-3)13-9-7-5-4-6-8-10-20-11-12-21-14-16-15-22-16/h16H,4-15H2,1-3H3. The molecule has 7 heteroatoms. The fraction of sp³-hybridized carbons (Fsp3) is 1.00. The first-order valence-electron chi connectivity index (χ1n) is 8.69. The van der Waals surface area contributed by atoms with Crippen molar-refractivity contribution in [2.45, 2.75) is 50.7 Å². The minimum absolute atomic E-state index is 0.347. The van der Waals surface area contributed by atoms with Gasteiger partial charge in [-0.2, -0.15) is 0 Å². The highest BCUT2D eigenvalue weighted by atomic mass is 28.4. The first kappa shape index (κ1) is 21.0. The molecule has 0 spiro atoms. The molecule has 0 bridgehead atoms. The summed E-state index contributed by atoms with van der Waals surface area (Å²) in [7, 11) is 2.65. The molecular weight excluding hydrogens is 316 g/mol. The zero-order valence-electron chi connectivity index (χ0n) is 15.0. The van der Waals surface area contributed by atoms with E-state index in [0.717, 1.165) is 32.1 Å². The van der Waals surface area contributed by atoms with Crippen LogP contribution in [0.2, 0.25) is 6.04 Å².